The van der Waals surface area contributed by atoms with Gasteiger partial charge in [0.05, 0.1) is 6.54 Å². The Balaban J connectivity index is 2.60. The van der Waals surface area contributed by atoms with Crippen LogP contribution in [0, 0.1) is 6.92 Å². The number of rotatable bonds is 0. The molecule has 2 heteroatoms. The van der Waals surface area contributed by atoms with Crippen molar-refractivity contribution < 1.29 is 0 Å². The molecule has 2 rings (SSSR count). The van der Waals surface area contributed by atoms with Crippen LogP contribution in [0.4, 0.5) is 0 Å². The van der Waals surface area contributed by atoms with Gasteiger partial charge in [-0.3, -0.25) is 4.99 Å². The first-order valence-corrected chi connectivity index (χ1v) is 4.36. The predicted molar refractivity (Wildman–Crippen MR) is 50.3 cm³/mol. The van der Waals surface area contributed by atoms with Gasteiger partial charge in [0.1, 0.15) is 4.62 Å². The van der Waals surface area contributed by atoms with Gasteiger partial charge < -0.3 is 0 Å². The van der Waals surface area contributed by atoms with Crippen molar-refractivity contribution in [1.29, 1.82) is 0 Å². The van der Waals surface area contributed by atoms with E-state index in [9.17, 15) is 0 Å². The summed E-state index contributed by atoms with van der Waals surface area (Å²) in [6.07, 6.45) is 0. The molecule has 0 fully saturated rings. The van der Waals surface area contributed by atoms with Crippen molar-refractivity contribution in [3.05, 3.63) is 34.9 Å². The Morgan fingerprint density at radius 3 is 3.09 bits per heavy atom. The van der Waals surface area contributed by atoms with Crippen molar-refractivity contribution in [3.8, 4) is 0 Å². The summed E-state index contributed by atoms with van der Waals surface area (Å²) in [4.78, 5) is 4.28. The molecule has 1 heterocycles. The first-order valence-electron chi connectivity index (χ1n) is 3.57. The van der Waals surface area contributed by atoms with Crippen molar-refractivity contribution in [3.63, 3.8) is 0 Å². The second kappa shape index (κ2) is 2.45. The van der Waals surface area contributed by atoms with Crippen molar-refractivity contribution >= 4 is 20.6 Å². The highest BCUT2D eigenvalue weighted by Gasteiger charge is 2.11. The third-order valence-corrected chi connectivity index (χ3v) is 2.55. The average Bonchev–Trinajstić information content (AvgIpc) is 2.33. The van der Waals surface area contributed by atoms with Gasteiger partial charge in [-0.2, -0.15) is 0 Å². The Labute approximate surface area is 74.3 Å². The smallest absolute Gasteiger partial charge is 0.108 e. The van der Waals surface area contributed by atoms with Crippen molar-refractivity contribution in [2.24, 2.45) is 4.99 Å². The third-order valence-electron chi connectivity index (χ3n) is 1.88. The number of benzene rings is 1. The quantitative estimate of drug-likeness (QED) is 0.624. The first kappa shape index (κ1) is 7.04. The lowest BCUT2D eigenvalue weighted by Crippen LogP contribution is -1.88. The SMILES string of the molecule is Cc1ccc2c(c1)C(Br)=NC2. The lowest BCUT2D eigenvalue weighted by Gasteiger charge is -1.98. The van der Waals surface area contributed by atoms with Gasteiger partial charge in [-0.1, -0.05) is 17.7 Å². The normalized spacial score (nSPS) is 14.5. The number of fused-ring (bicyclic) bond motifs is 1. The monoisotopic (exact) mass is 209 g/mol. The van der Waals surface area contributed by atoms with Crippen molar-refractivity contribution in [1.82, 2.24) is 0 Å². The summed E-state index contributed by atoms with van der Waals surface area (Å²) < 4.78 is 0.996. The van der Waals surface area contributed by atoms with Crippen LogP contribution in [-0.2, 0) is 6.54 Å². The summed E-state index contributed by atoms with van der Waals surface area (Å²) in [5.41, 5.74) is 3.87. The van der Waals surface area contributed by atoms with Crippen molar-refractivity contribution in [2.45, 2.75) is 13.5 Å². The second-order valence-electron chi connectivity index (χ2n) is 2.77. The van der Waals surface area contributed by atoms with Gasteiger partial charge in [-0.25, -0.2) is 0 Å². The summed E-state index contributed by atoms with van der Waals surface area (Å²) >= 11 is 3.42. The van der Waals surface area contributed by atoms with Crippen LogP contribution in [-0.4, -0.2) is 4.62 Å². The van der Waals surface area contributed by atoms with Crippen LogP contribution in [0.25, 0.3) is 0 Å². The van der Waals surface area contributed by atoms with E-state index in [-0.39, 0.29) is 0 Å². The van der Waals surface area contributed by atoms with Gasteiger partial charge in [0, 0.05) is 5.56 Å². The molecule has 11 heavy (non-hydrogen) atoms. The molecule has 0 atom stereocenters. The fraction of sp³-hybridized carbons (Fsp3) is 0.222. The molecular formula is C9H8BrN. The molecule has 0 spiro atoms. The summed E-state index contributed by atoms with van der Waals surface area (Å²) in [5, 5.41) is 0. The molecule has 0 amide bonds. The minimum Gasteiger partial charge on any atom is -0.272 e. The van der Waals surface area contributed by atoms with E-state index in [1.165, 1.54) is 16.7 Å². The minimum atomic E-state index is 0.830. The topological polar surface area (TPSA) is 12.4 Å². The number of hydrogen-bond donors (Lipinski definition) is 0. The highest BCUT2D eigenvalue weighted by atomic mass is 79.9. The van der Waals surface area contributed by atoms with Gasteiger partial charge in [0.15, 0.2) is 0 Å². The van der Waals surface area contributed by atoms with Gasteiger partial charge in [0.25, 0.3) is 0 Å². The molecule has 0 aliphatic carbocycles. The summed E-state index contributed by atoms with van der Waals surface area (Å²) in [6, 6.07) is 6.43. The molecule has 0 saturated carbocycles. The zero-order chi connectivity index (χ0) is 7.84. The predicted octanol–water partition coefficient (Wildman–Crippen LogP) is 2.65. The van der Waals surface area contributed by atoms with Crippen LogP contribution in [0.5, 0.6) is 0 Å². The Kier molecular flexibility index (Phi) is 1.57. The standard InChI is InChI=1S/C9H8BrN/c1-6-2-3-7-5-11-9(10)8(7)4-6/h2-4H,5H2,1H3. The number of nitrogens with zero attached hydrogens (tertiary/aromatic N) is 1. The summed E-state index contributed by atoms with van der Waals surface area (Å²) in [7, 11) is 0. The maximum Gasteiger partial charge on any atom is 0.108 e. The molecule has 0 radical (unpaired) electrons. The Morgan fingerprint density at radius 1 is 1.45 bits per heavy atom. The number of aliphatic imine (C=N–C) groups is 1. The molecule has 0 saturated heterocycles. The molecule has 1 nitrogen and oxygen atoms in total. The fourth-order valence-electron chi connectivity index (χ4n) is 1.26. The zero-order valence-electron chi connectivity index (χ0n) is 6.26. The van der Waals surface area contributed by atoms with Crippen LogP contribution >= 0.6 is 15.9 Å². The van der Waals surface area contributed by atoms with E-state index >= 15 is 0 Å². The molecule has 0 bridgehead atoms. The molecule has 56 valence electrons. The molecular weight excluding hydrogens is 202 g/mol. The van der Waals surface area contributed by atoms with Crippen LogP contribution in [0.3, 0.4) is 0 Å². The number of hydrogen-bond acceptors (Lipinski definition) is 1. The second-order valence-corrected chi connectivity index (χ2v) is 3.52. The fourth-order valence-corrected chi connectivity index (χ4v) is 1.75. The van der Waals surface area contributed by atoms with Crippen molar-refractivity contribution in [2.75, 3.05) is 0 Å². The lowest BCUT2D eigenvalue weighted by molar-refractivity contribution is 1.11. The van der Waals surface area contributed by atoms with Gasteiger partial charge in [-0.15, -0.1) is 0 Å². The maximum atomic E-state index is 4.28. The van der Waals surface area contributed by atoms with Gasteiger partial charge in [0.2, 0.25) is 0 Å². The van der Waals surface area contributed by atoms with E-state index in [1.54, 1.807) is 0 Å². The summed E-state index contributed by atoms with van der Waals surface area (Å²) in [6.45, 7) is 2.93. The van der Waals surface area contributed by atoms with Gasteiger partial charge >= 0.3 is 0 Å². The van der Waals surface area contributed by atoms with Crippen LogP contribution in [0.15, 0.2) is 23.2 Å². The number of aryl methyl sites for hydroxylation is 1. The van der Waals surface area contributed by atoms with E-state index in [2.05, 4.69) is 46.0 Å². The maximum absolute atomic E-state index is 4.28. The number of halogens is 1. The zero-order valence-corrected chi connectivity index (χ0v) is 7.85. The highest BCUT2D eigenvalue weighted by Crippen LogP contribution is 2.22. The molecule has 1 aromatic rings. The van der Waals surface area contributed by atoms with Gasteiger partial charge in [-0.05, 0) is 34.5 Å². The average molecular weight is 210 g/mol. The molecule has 0 N–H and O–H groups in total. The Hall–Kier alpha value is -0.630. The van der Waals surface area contributed by atoms with E-state index in [4.69, 9.17) is 0 Å². The summed E-state index contributed by atoms with van der Waals surface area (Å²) in [5.74, 6) is 0. The highest BCUT2D eigenvalue weighted by molar-refractivity contribution is 9.18. The van der Waals surface area contributed by atoms with Crippen LogP contribution in [0.2, 0.25) is 0 Å². The minimum absolute atomic E-state index is 0.830. The van der Waals surface area contributed by atoms with E-state index < -0.39 is 0 Å². The third kappa shape index (κ3) is 1.11. The molecule has 1 aromatic carbocycles. The Morgan fingerprint density at radius 2 is 2.27 bits per heavy atom. The molecule has 0 aromatic heterocycles. The largest absolute Gasteiger partial charge is 0.272 e. The van der Waals surface area contributed by atoms with E-state index in [1.807, 2.05) is 0 Å². The molecule has 0 unspecified atom stereocenters. The first-order chi connectivity index (χ1) is 5.27. The van der Waals surface area contributed by atoms with Crippen LogP contribution in [0.1, 0.15) is 16.7 Å². The lowest BCUT2D eigenvalue weighted by atomic mass is 10.1. The molecule has 1 aliphatic heterocycles. The van der Waals surface area contributed by atoms with E-state index in [0.29, 0.717) is 0 Å². The van der Waals surface area contributed by atoms with E-state index in [0.717, 1.165) is 11.2 Å². The van der Waals surface area contributed by atoms with Crippen LogP contribution < -0.4 is 0 Å². The molecule has 1 aliphatic rings. The Bertz CT molecular complexity index is 328.